The van der Waals surface area contributed by atoms with Crippen LogP contribution in [0.15, 0.2) is 45.8 Å². The van der Waals surface area contributed by atoms with E-state index in [0.29, 0.717) is 43.8 Å². The van der Waals surface area contributed by atoms with Crippen LogP contribution in [0.4, 0.5) is 10.5 Å². The number of benzene rings is 2. The fourth-order valence-electron chi connectivity index (χ4n) is 2.54. The average molecular weight is 469 g/mol. The van der Waals surface area contributed by atoms with Crippen LogP contribution in [0.5, 0.6) is 11.5 Å². The molecule has 0 aromatic heterocycles. The number of hydrogen-bond acceptors (Lipinski definition) is 5. The van der Waals surface area contributed by atoms with Crippen molar-refractivity contribution in [3.05, 3.63) is 56.4 Å². The summed E-state index contributed by atoms with van der Waals surface area (Å²) in [5, 5.41) is 0.179. The number of amides is 2. The van der Waals surface area contributed by atoms with E-state index >= 15 is 0 Å². The maximum atomic E-state index is 12.7. The zero-order chi connectivity index (χ0) is 19.6. The highest BCUT2D eigenvalue weighted by atomic mass is 79.9. The number of nitrogens with zero attached hydrogens (tertiary/aromatic N) is 1. The van der Waals surface area contributed by atoms with Gasteiger partial charge in [0.1, 0.15) is 0 Å². The molecule has 0 radical (unpaired) electrons. The number of halogens is 2. The van der Waals surface area contributed by atoms with Crippen LogP contribution in [0.2, 0.25) is 5.02 Å². The molecule has 1 fully saturated rings. The molecule has 0 unspecified atom stereocenters. The van der Waals surface area contributed by atoms with Crippen molar-refractivity contribution in [2.24, 2.45) is 0 Å². The third kappa shape index (κ3) is 4.15. The normalized spacial score (nSPS) is 15.6. The first-order chi connectivity index (χ1) is 12.9. The van der Waals surface area contributed by atoms with Gasteiger partial charge >= 0.3 is 0 Å². The summed E-state index contributed by atoms with van der Waals surface area (Å²) < 4.78 is 11.6. The Balaban J connectivity index is 1.94. The number of thioether (sulfide) groups is 1. The van der Waals surface area contributed by atoms with E-state index in [9.17, 15) is 9.59 Å². The second-order valence-electron chi connectivity index (χ2n) is 5.46. The van der Waals surface area contributed by atoms with Crippen molar-refractivity contribution in [2.45, 2.75) is 6.92 Å². The van der Waals surface area contributed by atoms with Crippen LogP contribution < -0.4 is 14.4 Å². The molecule has 2 aromatic rings. The highest BCUT2D eigenvalue weighted by Crippen LogP contribution is 2.40. The molecule has 27 heavy (non-hydrogen) atoms. The molecule has 0 saturated carbocycles. The number of anilines is 1. The van der Waals surface area contributed by atoms with E-state index in [-0.39, 0.29) is 11.1 Å². The predicted octanol–water partition coefficient (Wildman–Crippen LogP) is 5.75. The topological polar surface area (TPSA) is 55.8 Å². The van der Waals surface area contributed by atoms with Gasteiger partial charge in [0.15, 0.2) is 11.5 Å². The minimum absolute atomic E-state index is 0.327. The number of carbonyl (C=O) groups excluding carboxylic acids is 2. The first-order valence-corrected chi connectivity index (χ1v) is 9.97. The fraction of sp³-hybridized carbons (Fsp3) is 0.158. The molecule has 0 atom stereocenters. The Labute approximate surface area is 174 Å². The second kappa shape index (κ2) is 8.37. The van der Waals surface area contributed by atoms with Gasteiger partial charge in [0, 0.05) is 5.02 Å². The average Bonchev–Trinajstić information content (AvgIpc) is 2.91. The molecule has 2 amide bonds. The first-order valence-electron chi connectivity index (χ1n) is 7.98. The summed E-state index contributed by atoms with van der Waals surface area (Å²) >= 11 is 10.2. The molecule has 1 saturated heterocycles. The van der Waals surface area contributed by atoms with Gasteiger partial charge in [-0.1, -0.05) is 11.6 Å². The van der Waals surface area contributed by atoms with Gasteiger partial charge in [-0.05, 0) is 82.7 Å². The van der Waals surface area contributed by atoms with E-state index < -0.39 is 0 Å². The van der Waals surface area contributed by atoms with Crippen LogP contribution in [0.25, 0.3) is 6.08 Å². The zero-order valence-corrected chi connectivity index (χ0v) is 17.7. The molecule has 1 heterocycles. The number of ether oxygens (including phenoxy) is 2. The lowest BCUT2D eigenvalue weighted by Crippen LogP contribution is -2.27. The van der Waals surface area contributed by atoms with Crippen molar-refractivity contribution in [3.8, 4) is 11.5 Å². The van der Waals surface area contributed by atoms with E-state index in [2.05, 4.69) is 15.9 Å². The van der Waals surface area contributed by atoms with Gasteiger partial charge in [0.05, 0.1) is 28.8 Å². The Morgan fingerprint density at radius 3 is 2.56 bits per heavy atom. The Bertz CT molecular complexity index is 930. The number of carbonyl (C=O) groups is 2. The largest absolute Gasteiger partial charge is 0.493 e. The van der Waals surface area contributed by atoms with Gasteiger partial charge in [0.25, 0.3) is 11.1 Å². The second-order valence-corrected chi connectivity index (χ2v) is 7.74. The van der Waals surface area contributed by atoms with Gasteiger partial charge in [-0.25, -0.2) is 4.90 Å². The van der Waals surface area contributed by atoms with Gasteiger partial charge in [-0.3, -0.25) is 9.59 Å². The molecule has 8 heteroatoms. The summed E-state index contributed by atoms with van der Waals surface area (Å²) in [5.41, 5.74) is 1.19. The van der Waals surface area contributed by atoms with Crippen molar-refractivity contribution in [3.63, 3.8) is 0 Å². The van der Waals surface area contributed by atoms with E-state index in [1.54, 1.807) is 43.5 Å². The Morgan fingerprint density at radius 2 is 1.93 bits per heavy atom. The third-order valence-electron chi connectivity index (χ3n) is 3.72. The molecule has 0 bridgehead atoms. The van der Waals surface area contributed by atoms with Crippen LogP contribution in [0, 0.1) is 0 Å². The summed E-state index contributed by atoms with van der Waals surface area (Å²) in [4.78, 5) is 26.5. The van der Waals surface area contributed by atoms with E-state index in [1.165, 1.54) is 0 Å². The fourth-order valence-corrected chi connectivity index (χ4v) is 4.08. The molecular formula is C19H15BrClNO4S. The monoisotopic (exact) mass is 467 g/mol. The summed E-state index contributed by atoms with van der Waals surface area (Å²) in [6.45, 7) is 2.38. The van der Waals surface area contributed by atoms with Crippen LogP contribution in [0.3, 0.4) is 0 Å². The van der Waals surface area contributed by atoms with Gasteiger partial charge in [0.2, 0.25) is 0 Å². The molecule has 1 aliphatic rings. The first kappa shape index (κ1) is 19.8. The van der Waals surface area contributed by atoms with Crippen molar-refractivity contribution in [1.82, 2.24) is 0 Å². The Hall–Kier alpha value is -1.96. The molecule has 0 aliphatic carbocycles. The zero-order valence-electron chi connectivity index (χ0n) is 14.5. The lowest BCUT2D eigenvalue weighted by molar-refractivity contribution is -0.113. The highest BCUT2D eigenvalue weighted by molar-refractivity contribution is 9.10. The number of hydrogen-bond donors (Lipinski definition) is 0. The molecule has 1 aliphatic heterocycles. The number of rotatable bonds is 5. The van der Waals surface area contributed by atoms with Crippen LogP contribution >= 0.6 is 39.3 Å². The molecule has 2 aromatic carbocycles. The standard InChI is InChI=1S/C19H15BrClNO4S/c1-3-26-17-14(20)8-11(9-15(17)25-2)10-16-18(23)22(19(24)27-16)13-6-4-12(21)5-7-13/h4-10H,3H2,1-2H3/b16-10-. The van der Waals surface area contributed by atoms with E-state index in [1.807, 2.05) is 13.0 Å². The quantitative estimate of drug-likeness (QED) is 0.523. The maximum absolute atomic E-state index is 12.7. The molecule has 5 nitrogen and oxygen atoms in total. The van der Waals surface area contributed by atoms with Gasteiger partial charge in [-0.15, -0.1) is 0 Å². The molecule has 0 N–H and O–H groups in total. The SMILES string of the molecule is CCOc1c(Br)cc(/C=C2\SC(=O)N(c3ccc(Cl)cc3)C2=O)cc1OC. The summed E-state index contributed by atoms with van der Waals surface area (Å²) in [7, 11) is 1.54. The van der Waals surface area contributed by atoms with E-state index in [4.69, 9.17) is 21.1 Å². The number of imide groups is 1. The van der Waals surface area contributed by atoms with Crippen molar-refractivity contribution in [2.75, 3.05) is 18.6 Å². The minimum atomic E-state index is -0.378. The van der Waals surface area contributed by atoms with Gasteiger partial charge in [-0.2, -0.15) is 0 Å². The van der Waals surface area contributed by atoms with E-state index in [0.717, 1.165) is 16.7 Å². The lowest BCUT2D eigenvalue weighted by atomic mass is 10.1. The lowest BCUT2D eigenvalue weighted by Gasteiger charge is -2.13. The number of methoxy groups -OCH3 is 1. The van der Waals surface area contributed by atoms with Crippen LogP contribution in [-0.2, 0) is 4.79 Å². The highest BCUT2D eigenvalue weighted by Gasteiger charge is 2.36. The smallest absolute Gasteiger partial charge is 0.298 e. The van der Waals surface area contributed by atoms with Crippen molar-refractivity contribution < 1.29 is 19.1 Å². The third-order valence-corrected chi connectivity index (χ3v) is 5.43. The molecule has 3 rings (SSSR count). The summed E-state index contributed by atoms with van der Waals surface area (Å²) in [6.07, 6.45) is 1.66. The summed E-state index contributed by atoms with van der Waals surface area (Å²) in [6, 6.07) is 10.1. The molecular weight excluding hydrogens is 454 g/mol. The predicted molar refractivity (Wildman–Crippen MR) is 112 cm³/mol. The van der Waals surface area contributed by atoms with Gasteiger partial charge < -0.3 is 9.47 Å². The summed E-state index contributed by atoms with van der Waals surface area (Å²) in [5.74, 6) is 0.747. The van der Waals surface area contributed by atoms with Crippen molar-refractivity contribution >= 4 is 62.2 Å². The Kier molecular flexibility index (Phi) is 6.14. The molecule has 140 valence electrons. The maximum Gasteiger partial charge on any atom is 0.298 e. The van der Waals surface area contributed by atoms with Crippen LogP contribution in [0.1, 0.15) is 12.5 Å². The Morgan fingerprint density at radius 1 is 1.22 bits per heavy atom. The van der Waals surface area contributed by atoms with Crippen molar-refractivity contribution in [1.29, 1.82) is 0 Å². The van der Waals surface area contributed by atoms with Crippen LogP contribution in [-0.4, -0.2) is 24.9 Å². The minimum Gasteiger partial charge on any atom is -0.493 e. The molecule has 0 spiro atoms.